The average Bonchev–Trinajstić information content (AvgIpc) is 2.73. The van der Waals surface area contributed by atoms with Gasteiger partial charge in [-0.15, -0.1) is 5.10 Å². The van der Waals surface area contributed by atoms with Crippen LogP contribution in [-0.2, 0) is 11.3 Å². The lowest BCUT2D eigenvalue weighted by Crippen LogP contribution is -2.09. The molecule has 0 amide bonds. The van der Waals surface area contributed by atoms with Crippen LogP contribution in [0.3, 0.4) is 0 Å². The van der Waals surface area contributed by atoms with Gasteiger partial charge in [-0.2, -0.15) is 4.98 Å². The van der Waals surface area contributed by atoms with Crippen LogP contribution in [0.15, 0.2) is 28.7 Å². The summed E-state index contributed by atoms with van der Waals surface area (Å²) in [5.41, 5.74) is 6.95. The summed E-state index contributed by atoms with van der Waals surface area (Å²) in [5, 5.41) is 7.35. The highest BCUT2D eigenvalue weighted by molar-refractivity contribution is 9.10. The second kappa shape index (κ2) is 6.53. The monoisotopic (exact) mass is 325 g/mol. The first kappa shape index (κ1) is 13.8. The van der Waals surface area contributed by atoms with Crippen LogP contribution in [0.25, 0.3) is 0 Å². The fraction of sp³-hybridized carbons (Fsp3) is 0.333. The Balaban J connectivity index is 2.02. The molecular formula is C12H16BrN5O. The molecule has 0 unspecified atom stereocenters. The molecule has 0 saturated heterocycles. The number of nitrogen functional groups attached to an aromatic ring is 1. The van der Waals surface area contributed by atoms with Gasteiger partial charge in [0.05, 0.1) is 13.2 Å². The van der Waals surface area contributed by atoms with Crippen molar-refractivity contribution in [2.24, 2.45) is 0 Å². The van der Waals surface area contributed by atoms with E-state index < -0.39 is 0 Å². The lowest BCUT2D eigenvalue weighted by Gasteiger charge is -2.03. The molecule has 0 aliphatic rings. The van der Waals surface area contributed by atoms with Crippen LogP contribution in [0, 0.1) is 0 Å². The fourth-order valence-electron chi connectivity index (χ4n) is 1.57. The highest BCUT2D eigenvalue weighted by Gasteiger charge is 2.06. The smallest absolute Gasteiger partial charge is 0.244 e. The van der Waals surface area contributed by atoms with Crippen molar-refractivity contribution in [2.75, 3.05) is 31.3 Å². The first-order valence-electron chi connectivity index (χ1n) is 5.86. The Morgan fingerprint density at radius 1 is 1.37 bits per heavy atom. The summed E-state index contributed by atoms with van der Waals surface area (Å²) in [6.07, 6.45) is 0. The van der Waals surface area contributed by atoms with E-state index in [0.717, 1.165) is 10.0 Å². The molecule has 6 nitrogen and oxygen atoms in total. The lowest BCUT2D eigenvalue weighted by molar-refractivity contribution is 0.210. The van der Waals surface area contributed by atoms with Crippen molar-refractivity contribution in [3.8, 4) is 0 Å². The first-order valence-corrected chi connectivity index (χ1v) is 6.66. The molecule has 1 heterocycles. The number of benzene rings is 1. The molecule has 2 rings (SSSR count). The maximum Gasteiger partial charge on any atom is 0.244 e. The minimum atomic E-state index is 0.392. The molecule has 1 aromatic carbocycles. The van der Waals surface area contributed by atoms with Gasteiger partial charge in [0, 0.05) is 18.1 Å². The Hall–Kier alpha value is -1.60. The molecule has 2 aromatic rings. The van der Waals surface area contributed by atoms with Crippen LogP contribution in [0.5, 0.6) is 0 Å². The third-order valence-corrected chi connectivity index (χ3v) is 3.06. The highest BCUT2D eigenvalue weighted by atomic mass is 79.9. The number of nitrogens with two attached hydrogens (primary N) is 1. The van der Waals surface area contributed by atoms with Crippen molar-refractivity contribution in [1.29, 1.82) is 0 Å². The number of methoxy groups -OCH3 is 1. The summed E-state index contributed by atoms with van der Waals surface area (Å²) in [5.74, 6) is 0.912. The SMILES string of the molecule is COCCNc1nc(N)n(Cc2ccc(Br)cc2)n1. The van der Waals surface area contributed by atoms with E-state index in [1.807, 2.05) is 24.3 Å². The molecule has 0 aliphatic heterocycles. The van der Waals surface area contributed by atoms with Crippen LogP contribution < -0.4 is 11.1 Å². The molecule has 3 N–H and O–H groups in total. The summed E-state index contributed by atoms with van der Waals surface area (Å²) in [6, 6.07) is 8.01. The number of halogens is 1. The van der Waals surface area contributed by atoms with E-state index in [9.17, 15) is 0 Å². The standard InChI is InChI=1S/C12H16BrN5O/c1-19-7-6-15-12-16-11(14)18(17-12)8-9-2-4-10(13)5-3-9/h2-5H,6-8H2,1H3,(H3,14,15,16,17). The number of nitrogens with one attached hydrogen (secondary N) is 1. The van der Waals surface area contributed by atoms with Gasteiger partial charge in [0.15, 0.2) is 0 Å². The van der Waals surface area contributed by atoms with Gasteiger partial charge >= 0.3 is 0 Å². The Labute approximate surface area is 120 Å². The molecule has 0 radical (unpaired) electrons. The topological polar surface area (TPSA) is 78.0 Å². The number of aromatic nitrogens is 3. The predicted molar refractivity (Wildman–Crippen MR) is 78.0 cm³/mol. The zero-order chi connectivity index (χ0) is 13.7. The van der Waals surface area contributed by atoms with E-state index in [-0.39, 0.29) is 0 Å². The number of nitrogens with zero attached hydrogens (tertiary/aromatic N) is 3. The largest absolute Gasteiger partial charge is 0.383 e. The summed E-state index contributed by atoms with van der Waals surface area (Å²) in [6.45, 7) is 1.84. The van der Waals surface area contributed by atoms with Gasteiger partial charge in [0.2, 0.25) is 11.9 Å². The maximum atomic E-state index is 5.83. The van der Waals surface area contributed by atoms with Crippen LogP contribution in [-0.4, -0.2) is 35.0 Å². The number of ether oxygens (including phenoxy) is 1. The number of hydrogen-bond donors (Lipinski definition) is 2. The maximum absolute atomic E-state index is 5.83. The molecule has 0 fully saturated rings. The molecule has 0 atom stereocenters. The van der Waals surface area contributed by atoms with Gasteiger partial charge < -0.3 is 15.8 Å². The van der Waals surface area contributed by atoms with Crippen molar-refractivity contribution in [3.05, 3.63) is 34.3 Å². The number of anilines is 2. The van der Waals surface area contributed by atoms with E-state index in [4.69, 9.17) is 10.5 Å². The molecule has 102 valence electrons. The van der Waals surface area contributed by atoms with Gasteiger partial charge in [-0.05, 0) is 17.7 Å². The van der Waals surface area contributed by atoms with Crippen LogP contribution >= 0.6 is 15.9 Å². The minimum absolute atomic E-state index is 0.392. The highest BCUT2D eigenvalue weighted by Crippen LogP contribution is 2.13. The van der Waals surface area contributed by atoms with E-state index in [2.05, 4.69) is 31.3 Å². The quantitative estimate of drug-likeness (QED) is 0.791. The summed E-state index contributed by atoms with van der Waals surface area (Å²) in [7, 11) is 1.65. The molecule has 0 spiro atoms. The van der Waals surface area contributed by atoms with Crippen LogP contribution in [0.1, 0.15) is 5.56 Å². The molecule has 0 aliphatic carbocycles. The van der Waals surface area contributed by atoms with Crippen molar-refractivity contribution in [1.82, 2.24) is 14.8 Å². The van der Waals surface area contributed by atoms with Crippen LogP contribution in [0.2, 0.25) is 0 Å². The van der Waals surface area contributed by atoms with Crippen molar-refractivity contribution in [3.63, 3.8) is 0 Å². The summed E-state index contributed by atoms with van der Waals surface area (Å²) in [4.78, 5) is 4.15. The van der Waals surface area contributed by atoms with E-state index >= 15 is 0 Å². The van der Waals surface area contributed by atoms with Crippen LogP contribution in [0.4, 0.5) is 11.9 Å². The third-order valence-electron chi connectivity index (χ3n) is 2.54. The number of hydrogen-bond acceptors (Lipinski definition) is 5. The van der Waals surface area contributed by atoms with Gasteiger partial charge in [-0.3, -0.25) is 0 Å². The summed E-state index contributed by atoms with van der Waals surface area (Å²) >= 11 is 3.40. The Bertz CT molecular complexity index is 525. The molecule has 1 aromatic heterocycles. The van der Waals surface area contributed by atoms with Gasteiger partial charge in [0.1, 0.15) is 0 Å². The number of rotatable bonds is 6. The second-order valence-corrected chi connectivity index (χ2v) is 4.91. The molecular weight excluding hydrogens is 310 g/mol. The minimum Gasteiger partial charge on any atom is -0.383 e. The molecule has 0 bridgehead atoms. The summed E-state index contributed by atoms with van der Waals surface area (Å²) < 4.78 is 7.66. The zero-order valence-corrected chi connectivity index (χ0v) is 12.2. The zero-order valence-electron chi connectivity index (χ0n) is 10.6. The molecule has 0 saturated carbocycles. The van der Waals surface area contributed by atoms with E-state index in [1.54, 1.807) is 11.8 Å². The van der Waals surface area contributed by atoms with E-state index in [0.29, 0.717) is 31.6 Å². The van der Waals surface area contributed by atoms with Gasteiger partial charge in [0.25, 0.3) is 0 Å². The first-order chi connectivity index (χ1) is 9.19. The fourth-order valence-corrected chi connectivity index (χ4v) is 1.84. The Morgan fingerprint density at radius 3 is 2.79 bits per heavy atom. The van der Waals surface area contributed by atoms with Crippen molar-refractivity contribution < 1.29 is 4.74 Å². The molecule has 7 heteroatoms. The van der Waals surface area contributed by atoms with E-state index in [1.165, 1.54) is 0 Å². The van der Waals surface area contributed by atoms with Gasteiger partial charge in [-0.1, -0.05) is 28.1 Å². The third kappa shape index (κ3) is 3.93. The van der Waals surface area contributed by atoms with Gasteiger partial charge in [-0.25, -0.2) is 4.68 Å². The Morgan fingerprint density at radius 2 is 2.11 bits per heavy atom. The second-order valence-electron chi connectivity index (χ2n) is 4.00. The Kier molecular flexibility index (Phi) is 4.75. The molecule has 19 heavy (non-hydrogen) atoms. The van der Waals surface area contributed by atoms with Crippen molar-refractivity contribution >= 4 is 27.8 Å². The lowest BCUT2D eigenvalue weighted by atomic mass is 10.2. The predicted octanol–water partition coefficient (Wildman–Crippen LogP) is 1.73. The normalized spacial score (nSPS) is 10.6. The van der Waals surface area contributed by atoms with Crippen molar-refractivity contribution in [2.45, 2.75) is 6.54 Å². The average molecular weight is 326 g/mol.